The number of fused-ring (bicyclic) bond motifs is 1. The highest BCUT2D eigenvalue weighted by Crippen LogP contribution is 2.31. The van der Waals surface area contributed by atoms with Gasteiger partial charge in [-0.25, -0.2) is 4.98 Å². The summed E-state index contributed by atoms with van der Waals surface area (Å²) in [5.74, 6) is 1.15. The SMILES string of the molecule is Cc1cn2ccc(-c3c(C)oc(C=O)c3C)cc2n1. The van der Waals surface area contributed by atoms with Crippen molar-refractivity contribution in [2.24, 2.45) is 0 Å². The Kier molecular flexibility index (Phi) is 2.52. The molecule has 19 heavy (non-hydrogen) atoms. The Morgan fingerprint density at radius 3 is 2.79 bits per heavy atom. The molecule has 96 valence electrons. The molecule has 0 fully saturated rings. The second-order valence-electron chi connectivity index (χ2n) is 4.70. The standard InChI is InChI=1S/C15H14N2O2/c1-9-7-17-5-4-12(6-14(17)16-9)15-10(2)13(8-18)19-11(15)3/h4-8H,1-3H3. The van der Waals surface area contributed by atoms with Crippen molar-refractivity contribution in [2.45, 2.75) is 20.8 Å². The van der Waals surface area contributed by atoms with E-state index < -0.39 is 0 Å². The third-order valence-electron chi connectivity index (χ3n) is 3.34. The number of nitrogens with zero attached hydrogens (tertiary/aromatic N) is 2. The third-order valence-corrected chi connectivity index (χ3v) is 3.34. The highest BCUT2D eigenvalue weighted by molar-refractivity contribution is 5.82. The fourth-order valence-corrected chi connectivity index (χ4v) is 2.48. The number of carbonyl (C=O) groups is 1. The zero-order valence-corrected chi connectivity index (χ0v) is 11.1. The van der Waals surface area contributed by atoms with Crippen LogP contribution in [0.3, 0.4) is 0 Å². The normalized spacial score (nSPS) is 11.1. The van der Waals surface area contributed by atoms with E-state index in [1.807, 2.05) is 49.7 Å². The Balaban J connectivity index is 2.23. The van der Waals surface area contributed by atoms with Crippen LogP contribution in [0.2, 0.25) is 0 Å². The van der Waals surface area contributed by atoms with Crippen molar-refractivity contribution in [2.75, 3.05) is 0 Å². The van der Waals surface area contributed by atoms with Gasteiger partial charge in [-0.3, -0.25) is 4.79 Å². The monoisotopic (exact) mass is 254 g/mol. The number of furan rings is 1. The molecule has 0 N–H and O–H groups in total. The van der Waals surface area contributed by atoms with Gasteiger partial charge in [0.25, 0.3) is 0 Å². The molecule has 0 saturated heterocycles. The number of pyridine rings is 1. The topological polar surface area (TPSA) is 47.5 Å². The van der Waals surface area contributed by atoms with E-state index in [1.54, 1.807) is 0 Å². The fourth-order valence-electron chi connectivity index (χ4n) is 2.48. The first-order valence-electron chi connectivity index (χ1n) is 6.11. The summed E-state index contributed by atoms with van der Waals surface area (Å²) in [6.07, 6.45) is 4.70. The van der Waals surface area contributed by atoms with Crippen LogP contribution in [-0.2, 0) is 0 Å². The maximum atomic E-state index is 10.9. The van der Waals surface area contributed by atoms with E-state index in [2.05, 4.69) is 4.98 Å². The Bertz CT molecular complexity index is 781. The first kappa shape index (κ1) is 11.7. The number of aromatic nitrogens is 2. The smallest absolute Gasteiger partial charge is 0.185 e. The summed E-state index contributed by atoms with van der Waals surface area (Å²) >= 11 is 0. The van der Waals surface area contributed by atoms with Crippen LogP contribution in [0.4, 0.5) is 0 Å². The van der Waals surface area contributed by atoms with Crippen LogP contribution >= 0.6 is 0 Å². The van der Waals surface area contributed by atoms with E-state index in [4.69, 9.17) is 4.42 Å². The van der Waals surface area contributed by atoms with Gasteiger partial charge in [-0.1, -0.05) is 0 Å². The molecule has 0 spiro atoms. The van der Waals surface area contributed by atoms with Crippen LogP contribution in [0, 0.1) is 20.8 Å². The molecule has 0 aliphatic carbocycles. The highest BCUT2D eigenvalue weighted by Gasteiger charge is 2.15. The first-order chi connectivity index (χ1) is 9.10. The Hall–Kier alpha value is -2.36. The molecule has 0 amide bonds. The summed E-state index contributed by atoms with van der Waals surface area (Å²) in [4.78, 5) is 15.4. The van der Waals surface area contributed by atoms with E-state index in [9.17, 15) is 4.79 Å². The van der Waals surface area contributed by atoms with Crippen LogP contribution < -0.4 is 0 Å². The Morgan fingerprint density at radius 1 is 1.32 bits per heavy atom. The van der Waals surface area contributed by atoms with E-state index >= 15 is 0 Å². The number of hydrogen-bond acceptors (Lipinski definition) is 3. The third kappa shape index (κ3) is 1.76. The van der Waals surface area contributed by atoms with Gasteiger partial charge in [-0.05, 0) is 38.5 Å². The second-order valence-corrected chi connectivity index (χ2v) is 4.70. The molecule has 0 bridgehead atoms. The van der Waals surface area contributed by atoms with E-state index in [1.165, 1.54) is 0 Å². The molecule has 0 radical (unpaired) electrons. The van der Waals surface area contributed by atoms with Crippen molar-refractivity contribution < 1.29 is 9.21 Å². The van der Waals surface area contributed by atoms with Crippen molar-refractivity contribution in [3.63, 3.8) is 0 Å². The van der Waals surface area contributed by atoms with Gasteiger partial charge in [0.15, 0.2) is 12.0 Å². The summed E-state index contributed by atoms with van der Waals surface area (Å²) in [7, 11) is 0. The van der Waals surface area contributed by atoms with Crippen molar-refractivity contribution in [1.82, 2.24) is 9.38 Å². The molecule has 0 atom stereocenters. The second kappa shape index (κ2) is 4.09. The predicted octanol–water partition coefficient (Wildman–Crippen LogP) is 3.33. The predicted molar refractivity (Wildman–Crippen MR) is 72.5 cm³/mol. The summed E-state index contributed by atoms with van der Waals surface area (Å²) in [6.45, 7) is 5.73. The molecule has 0 aliphatic rings. The van der Waals surface area contributed by atoms with Crippen LogP contribution in [0.1, 0.15) is 27.6 Å². The Labute approximate surface area is 110 Å². The minimum atomic E-state index is 0.395. The average molecular weight is 254 g/mol. The van der Waals surface area contributed by atoms with E-state index in [0.717, 1.165) is 40.1 Å². The van der Waals surface area contributed by atoms with Gasteiger partial charge in [-0.15, -0.1) is 0 Å². The minimum absolute atomic E-state index is 0.395. The lowest BCUT2D eigenvalue weighted by atomic mass is 10.0. The van der Waals surface area contributed by atoms with Gasteiger partial charge in [0.2, 0.25) is 0 Å². The van der Waals surface area contributed by atoms with Crippen LogP contribution in [0.5, 0.6) is 0 Å². The Morgan fingerprint density at radius 2 is 2.11 bits per heavy atom. The quantitative estimate of drug-likeness (QED) is 0.659. The van der Waals surface area contributed by atoms with Gasteiger partial charge in [0.05, 0.1) is 5.69 Å². The number of rotatable bonds is 2. The van der Waals surface area contributed by atoms with Crippen LogP contribution in [0.25, 0.3) is 16.8 Å². The van der Waals surface area contributed by atoms with Gasteiger partial charge in [0, 0.05) is 23.5 Å². The van der Waals surface area contributed by atoms with Crippen molar-refractivity contribution in [3.05, 3.63) is 47.3 Å². The number of carbonyl (C=O) groups excluding carboxylic acids is 1. The van der Waals surface area contributed by atoms with E-state index in [0.29, 0.717) is 5.76 Å². The summed E-state index contributed by atoms with van der Waals surface area (Å²) < 4.78 is 7.45. The number of imidazole rings is 1. The van der Waals surface area contributed by atoms with Gasteiger partial charge < -0.3 is 8.82 Å². The van der Waals surface area contributed by atoms with Crippen LogP contribution in [0.15, 0.2) is 28.9 Å². The maximum Gasteiger partial charge on any atom is 0.185 e. The summed E-state index contributed by atoms with van der Waals surface area (Å²) in [6, 6.07) is 4.01. The molecule has 4 nitrogen and oxygen atoms in total. The molecular weight excluding hydrogens is 240 g/mol. The molecule has 4 heteroatoms. The number of aryl methyl sites for hydroxylation is 2. The molecule has 3 heterocycles. The minimum Gasteiger partial charge on any atom is -0.458 e. The lowest BCUT2D eigenvalue weighted by molar-refractivity contribution is 0.109. The van der Waals surface area contributed by atoms with Gasteiger partial charge >= 0.3 is 0 Å². The largest absolute Gasteiger partial charge is 0.458 e. The van der Waals surface area contributed by atoms with Crippen molar-refractivity contribution in [3.8, 4) is 11.1 Å². The first-order valence-corrected chi connectivity index (χ1v) is 6.11. The molecule has 0 saturated carbocycles. The summed E-state index contributed by atoms with van der Waals surface area (Å²) in [5, 5.41) is 0. The molecule has 3 rings (SSSR count). The number of hydrogen-bond donors (Lipinski definition) is 0. The zero-order chi connectivity index (χ0) is 13.6. The van der Waals surface area contributed by atoms with Gasteiger partial charge in [0.1, 0.15) is 11.4 Å². The molecular formula is C15H14N2O2. The van der Waals surface area contributed by atoms with Crippen LogP contribution in [-0.4, -0.2) is 15.7 Å². The lowest BCUT2D eigenvalue weighted by Crippen LogP contribution is -1.87. The highest BCUT2D eigenvalue weighted by atomic mass is 16.3. The molecule has 0 aliphatic heterocycles. The average Bonchev–Trinajstić information content (AvgIpc) is 2.87. The molecule has 3 aromatic heterocycles. The van der Waals surface area contributed by atoms with E-state index in [-0.39, 0.29) is 0 Å². The molecule has 0 unspecified atom stereocenters. The van der Waals surface area contributed by atoms with Crippen molar-refractivity contribution >= 4 is 11.9 Å². The summed E-state index contributed by atoms with van der Waals surface area (Å²) in [5.41, 5.74) is 4.74. The fraction of sp³-hybridized carbons (Fsp3) is 0.200. The van der Waals surface area contributed by atoms with Crippen molar-refractivity contribution in [1.29, 1.82) is 0 Å². The maximum absolute atomic E-state index is 10.9. The molecule has 0 aromatic carbocycles. The zero-order valence-electron chi connectivity index (χ0n) is 11.1. The molecule has 3 aromatic rings. The number of aldehydes is 1. The lowest BCUT2D eigenvalue weighted by Gasteiger charge is -2.02. The van der Waals surface area contributed by atoms with Gasteiger partial charge in [-0.2, -0.15) is 0 Å².